The van der Waals surface area contributed by atoms with E-state index < -0.39 is 0 Å². The molecule has 0 aliphatic rings. The van der Waals surface area contributed by atoms with E-state index in [0.29, 0.717) is 45.3 Å². The molecule has 3 rings (SSSR count). The maximum Gasteiger partial charge on any atom is 0.251 e. The van der Waals surface area contributed by atoms with Crippen molar-refractivity contribution in [1.29, 1.82) is 0 Å². The lowest BCUT2D eigenvalue weighted by Crippen LogP contribution is -2.29. The normalized spacial score (nSPS) is 10.8. The summed E-state index contributed by atoms with van der Waals surface area (Å²) in [6.07, 6.45) is 1.55. The Bertz CT molecular complexity index is 1280. The highest BCUT2D eigenvalue weighted by molar-refractivity contribution is 9.10. The Hall–Kier alpha value is -3.07. The van der Waals surface area contributed by atoms with Crippen LogP contribution in [-0.4, -0.2) is 31.2 Å². The lowest BCUT2D eigenvalue weighted by molar-refractivity contribution is -0.120. The molecule has 0 saturated heterocycles. The molecule has 37 heavy (non-hydrogen) atoms. The fraction of sp³-hybridized carbons (Fsp3) is 0.222. The highest BCUT2D eigenvalue weighted by Crippen LogP contribution is 2.37. The number of halogens is 3. The van der Waals surface area contributed by atoms with E-state index in [2.05, 4.69) is 31.8 Å². The van der Waals surface area contributed by atoms with E-state index >= 15 is 0 Å². The molecule has 0 unspecified atom stereocenters. The van der Waals surface area contributed by atoms with E-state index in [-0.39, 0.29) is 29.8 Å². The number of nitrogens with zero attached hydrogens (tertiary/aromatic N) is 1. The van der Waals surface area contributed by atoms with Gasteiger partial charge in [-0.15, -0.1) is 0 Å². The summed E-state index contributed by atoms with van der Waals surface area (Å²) in [5, 5.41) is 7.31. The molecular formula is C27H26BrCl2N3O4. The number of benzene rings is 3. The Morgan fingerprint density at radius 3 is 2.49 bits per heavy atom. The van der Waals surface area contributed by atoms with Crippen LogP contribution in [0.25, 0.3) is 0 Å². The fourth-order valence-corrected chi connectivity index (χ4v) is 4.04. The van der Waals surface area contributed by atoms with Crippen LogP contribution in [0.3, 0.4) is 0 Å². The van der Waals surface area contributed by atoms with Crippen LogP contribution >= 0.6 is 39.1 Å². The Kier molecular flexibility index (Phi) is 10.8. The number of nitrogens with one attached hydrogen (secondary N) is 2. The van der Waals surface area contributed by atoms with Crippen LogP contribution in [0.2, 0.25) is 10.0 Å². The minimum atomic E-state index is -0.354. The summed E-state index contributed by atoms with van der Waals surface area (Å²) in [7, 11) is 0. The fourth-order valence-electron chi connectivity index (χ4n) is 3.17. The molecule has 2 amide bonds. The summed E-state index contributed by atoms with van der Waals surface area (Å²) >= 11 is 15.3. The van der Waals surface area contributed by atoms with Crippen molar-refractivity contribution in [3.05, 3.63) is 91.4 Å². The van der Waals surface area contributed by atoms with Crippen molar-refractivity contribution in [2.75, 3.05) is 13.2 Å². The molecule has 0 aromatic heterocycles. The van der Waals surface area contributed by atoms with Gasteiger partial charge >= 0.3 is 0 Å². The van der Waals surface area contributed by atoms with Gasteiger partial charge in [0.1, 0.15) is 6.61 Å². The van der Waals surface area contributed by atoms with Gasteiger partial charge in [0, 0.05) is 18.5 Å². The van der Waals surface area contributed by atoms with Gasteiger partial charge in [0.05, 0.1) is 27.3 Å². The third kappa shape index (κ3) is 8.77. The predicted molar refractivity (Wildman–Crippen MR) is 150 cm³/mol. The van der Waals surface area contributed by atoms with Crippen LogP contribution in [0.4, 0.5) is 0 Å². The summed E-state index contributed by atoms with van der Waals surface area (Å²) in [5.74, 6) is 0.434. The molecule has 0 aliphatic carbocycles. The molecule has 194 valence electrons. The first-order chi connectivity index (χ1) is 17.8. The monoisotopic (exact) mass is 605 g/mol. The van der Waals surface area contributed by atoms with Crippen molar-refractivity contribution in [1.82, 2.24) is 10.7 Å². The molecule has 0 radical (unpaired) electrons. The number of carbonyl (C=O) groups is 2. The predicted octanol–water partition coefficient (Wildman–Crippen LogP) is 6.31. The lowest BCUT2D eigenvalue weighted by atomic mass is 10.2. The van der Waals surface area contributed by atoms with Crippen LogP contribution in [-0.2, 0) is 11.4 Å². The number of rotatable bonds is 11. The molecule has 0 fully saturated rings. The maximum atomic E-state index is 12.2. The first-order valence-electron chi connectivity index (χ1n) is 11.5. The van der Waals surface area contributed by atoms with Crippen LogP contribution in [0.15, 0.2) is 64.2 Å². The Morgan fingerprint density at radius 1 is 1.03 bits per heavy atom. The molecular weight excluding hydrogens is 581 g/mol. The summed E-state index contributed by atoms with van der Waals surface area (Å²) in [6, 6.07) is 16.3. The van der Waals surface area contributed by atoms with Crippen LogP contribution in [0.1, 0.15) is 40.4 Å². The van der Waals surface area contributed by atoms with E-state index in [1.807, 2.05) is 44.2 Å². The highest BCUT2D eigenvalue weighted by Gasteiger charge is 2.13. The standard InChI is InChI=1S/C27H26BrCl2N3O4/c1-3-36-24-13-19(12-21(28)26(24)37-16-18-6-4-17(2)5-7-18)15-32-33-25(34)10-11-31-27(35)20-8-9-22(29)23(30)14-20/h4-9,12-15H,3,10-11,16H2,1-2H3,(H,31,35)(H,33,34). The second-order valence-electron chi connectivity index (χ2n) is 7.97. The van der Waals surface area contributed by atoms with Crippen molar-refractivity contribution in [3.8, 4) is 11.5 Å². The zero-order valence-corrected chi connectivity index (χ0v) is 23.4. The van der Waals surface area contributed by atoms with Crippen LogP contribution < -0.4 is 20.2 Å². The molecule has 0 heterocycles. The van der Waals surface area contributed by atoms with Crippen LogP contribution in [0, 0.1) is 6.92 Å². The minimum Gasteiger partial charge on any atom is -0.490 e. The van der Waals surface area contributed by atoms with Crippen molar-refractivity contribution in [3.63, 3.8) is 0 Å². The van der Waals surface area contributed by atoms with Crippen molar-refractivity contribution in [2.24, 2.45) is 5.10 Å². The summed E-state index contributed by atoms with van der Waals surface area (Å²) in [6.45, 7) is 4.91. The zero-order valence-electron chi connectivity index (χ0n) is 20.3. The van der Waals surface area contributed by atoms with Crippen LogP contribution in [0.5, 0.6) is 11.5 Å². The van der Waals surface area contributed by atoms with Gasteiger partial charge in [-0.1, -0.05) is 53.0 Å². The van der Waals surface area contributed by atoms with Gasteiger partial charge in [-0.05, 0) is 71.2 Å². The number of hydrogen-bond donors (Lipinski definition) is 2. The number of ether oxygens (including phenoxy) is 2. The number of aryl methyl sites for hydroxylation is 1. The van der Waals surface area contributed by atoms with Gasteiger partial charge in [0.25, 0.3) is 5.91 Å². The largest absolute Gasteiger partial charge is 0.490 e. The molecule has 7 nitrogen and oxygen atoms in total. The second kappa shape index (κ2) is 14.0. The van der Waals surface area contributed by atoms with E-state index in [1.165, 1.54) is 23.9 Å². The van der Waals surface area contributed by atoms with Gasteiger partial charge in [-0.25, -0.2) is 5.43 Å². The minimum absolute atomic E-state index is 0.0457. The molecule has 3 aromatic carbocycles. The van der Waals surface area contributed by atoms with Crippen molar-refractivity contribution in [2.45, 2.75) is 26.9 Å². The van der Waals surface area contributed by atoms with E-state index in [9.17, 15) is 9.59 Å². The molecule has 0 spiro atoms. The van der Waals surface area contributed by atoms with Gasteiger partial charge in [0.15, 0.2) is 11.5 Å². The van der Waals surface area contributed by atoms with E-state index in [0.717, 1.165) is 5.56 Å². The SMILES string of the molecule is CCOc1cc(C=NNC(=O)CCNC(=O)c2ccc(Cl)c(Cl)c2)cc(Br)c1OCc1ccc(C)cc1. The van der Waals surface area contributed by atoms with E-state index in [1.54, 1.807) is 12.1 Å². The van der Waals surface area contributed by atoms with Gasteiger partial charge < -0.3 is 14.8 Å². The number of hydrogen-bond acceptors (Lipinski definition) is 5. The third-order valence-electron chi connectivity index (χ3n) is 5.06. The highest BCUT2D eigenvalue weighted by atomic mass is 79.9. The smallest absolute Gasteiger partial charge is 0.251 e. The number of amides is 2. The zero-order chi connectivity index (χ0) is 26.8. The Balaban J connectivity index is 1.53. The van der Waals surface area contributed by atoms with Crippen molar-refractivity contribution >= 4 is 57.2 Å². The molecule has 0 saturated carbocycles. The van der Waals surface area contributed by atoms with Gasteiger partial charge in [-0.2, -0.15) is 5.10 Å². The third-order valence-corrected chi connectivity index (χ3v) is 6.39. The van der Waals surface area contributed by atoms with E-state index in [4.69, 9.17) is 32.7 Å². The molecule has 10 heteroatoms. The molecule has 0 bridgehead atoms. The average molecular weight is 607 g/mol. The summed E-state index contributed by atoms with van der Waals surface area (Å²) < 4.78 is 12.5. The molecule has 0 aliphatic heterocycles. The average Bonchev–Trinajstić information content (AvgIpc) is 2.86. The summed E-state index contributed by atoms with van der Waals surface area (Å²) in [4.78, 5) is 24.3. The molecule has 2 N–H and O–H groups in total. The second-order valence-corrected chi connectivity index (χ2v) is 9.63. The first kappa shape index (κ1) is 28.5. The number of hydrazone groups is 1. The first-order valence-corrected chi connectivity index (χ1v) is 13.0. The Labute approximate surface area is 234 Å². The quantitative estimate of drug-likeness (QED) is 0.198. The topological polar surface area (TPSA) is 89.0 Å². The lowest BCUT2D eigenvalue weighted by Gasteiger charge is -2.15. The van der Waals surface area contributed by atoms with Gasteiger partial charge in [0.2, 0.25) is 5.91 Å². The molecule has 0 atom stereocenters. The molecule has 3 aromatic rings. The summed E-state index contributed by atoms with van der Waals surface area (Å²) in [5.41, 5.74) is 5.73. The van der Waals surface area contributed by atoms with Crippen molar-refractivity contribution < 1.29 is 19.1 Å². The van der Waals surface area contributed by atoms with Gasteiger partial charge in [-0.3, -0.25) is 9.59 Å². The number of carbonyl (C=O) groups excluding carboxylic acids is 2. The maximum absolute atomic E-state index is 12.2. The Morgan fingerprint density at radius 2 is 1.78 bits per heavy atom.